The number of esters is 1. The van der Waals surface area contributed by atoms with Crippen molar-refractivity contribution < 1.29 is 14.3 Å². The van der Waals surface area contributed by atoms with Crippen molar-refractivity contribution >= 4 is 40.1 Å². The first-order valence-electron chi connectivity index (χ1n) is 8.31. The van der Waals surface area contributed by atoms with Gasteiger partial charge in [0.15, 0.2) is 0 Å². The molecule has 0 aliphatic heterocycles. The molecule has 1 aromatic heterocycles. The molecule has 27 heavy (non-hydrogen) atoms. The van der Waals surface area contributed by atoms with Crippen molar-refractivity contribution in [3.05, 3.63) is 74.5 Å². The van der Waals surface area contributed by atoms with Gasteiger partial charge in [0.05, 0.1) is 17.7 Å². The van der Waals surface area contributed by atoms with E-state index in [1.807, 2.05) is 0 Å². The summed E-state index contributed by atoms with van der Waals surface area (Å²) in [5.74, 6) is -0.981. The number of carbonyl (C=O) groups excluding carboxylic acids is 2. The molecule has 0 radical (unpaired) electrons. The highest BCUT2D eigenvalue weighted by atomic mass is 35.5. The van der Waals surface area contributed by atoms with Crippen LogP contribution in [0.5, 0.6) is 0 Å². The van der Waals surface area contributed by atoms with Crippen LogP contribution < -0.4 is 10.7 Å². The summed E-state index contributed by atoms with van der Waals surface area (Å²) in [4.78, 5) is 39.8. The van der Waals surface area contributed by atoms with Crippen molar-refractivity contribution in [1.29, 1.82) is 0 Å². The number of pyridine rings is 1. The molecular weight excluding hydrogens is 368 g/mol. The van der Waals surface area contributed by atoms with Crippen LogP contribution in [-0.2, 0) is 4.74 Å². The second-order valence-corrected chi connectivity index (χ2v) is 6.29. The molecule has 3 aromatic rings. The number of anilines is 1. The predicted octanol–water partition coefficient (Wildman–Crippen LogP) is 3.92. The van der Waals surface area contributed by atoms with E-state index in [2.05, 4.69) is 10.3 Å². The van der Waals surface area contributed by atoms with Gasteiger partial charge in [-0.1, -0.05) is 11.6 Å². The number of amides is 1. The summed E-state index contributed by atoms with van der Waals surface area (Å²) in [6, 6.07) is 9.46. The van der Waals surface area contributed by atoms with Crippen LogP contribution in [0, 0.1) is 6.92 Å². The minimum Gasteiger partial charge on any atom is -0.462 e. The molecule has 0 spiro atoms. The minimum absolute atomic E-state index is 0.0151. The Hall–Kier alpha value is -3.12. The van der Waals surface area contributed by atoms with Gasteiger partial charge in [0, 0.05) is 22.3 Å². The average molecular weight is 385 g/mol. The van der Waals surface area contributed by atoms with Gasteiger partial charge in [-0.05, 0) is 55.8 Å². The second kappa shape index (κ2) is 7.63. The van der Waals surface area contributed by atoms with Gasteiger partial charge in [-0.15, -0.1) is 0 Å². The van der Waals surface area contributed by atoms with E-state index in [0.717, 1.165) is 5.56 Å². The van der Waals surface area contributed by atoms with Crippen molar-refractivity contribution in [3.8, 4) is 0 Å². The normalized spacial score (nSPS) is 10.6. The Bertz CT molecular complexity index is 1090. The first kappa shape index (κ1) is 18.7. The third-order valence-electron chi connectivity index (χ3n) is 4.15. The maximum absolute atomic E-state index is 12.7. The van der Waals surface area contributed by atoms with Crippen LogP contribution in [0.3, 0.4) is 0 Å². The zero-order valence-corrected chi connectivity index (χ0v) is 15.5. The number of carbonyl (C=O) groups is 2. The molecule has 138 valence electrons. The third-order valence-corrected chi connectivity index (χ3v) is 4.56. The van der Waals surface area contributed by atoms with E-state index in [9.17, 15) is 14.4 Å². The van der Waals surface area contributed by atoms with Crippen molar-refractivity contribution in [2.45, 2.75) is 13.8 Å². The Kier molecular flexibility index (Phi) is 5.28. The van der Waals surface area contributed by atoms with E-state index in [1.54, 1.807) is 50.2 Å². The Balaban J connectivity index is 1.86. The van der Waals surface area contributed by atoms with Crippen molar-refractivity contribution in [2.24, 2.45) is 0 Å². The van der Waals surface area contributed by atoms with Crippen LogP contribution in [0.1, 0.15) is 33.2 Å². The van der Waals surface area contributed by atoms with Crippen LogP contribution >= 0.6 is 11.6 Å². The number of aromatic amines is 1. The standard InChI is InChI=1S/C20H17ClN2O4/c1-3-27-20(26)12-4-6-13(7-5-12)23-19(25)15-10-22-17-11(2)16(21)9-8-14(17)18(15)24/h4-10H,3H2,1-2H3,(H,22,24)(H,23,25). The zero-order chi connectivity index (χ0) is 19.6. The number of halogens is 1. The number of hydrogen-bond donors (Lipinski definition) is 2. The van der Waals surface area contributed by atoms with Crippen LogP contribution in [0.4, 0.5) is 5.69 Å². The fourth-order valence-electron chi connectivity index (χ4n) is 2.69. The number of aromatic nitrogens is 1. The number of fused-ring (bicyclic) bond motifs is 1. The Morgan fingerprint density at radius 1 is 1.15 bits per heavy atom. The molecule has 0 atom stereocenters. The molecule has 6 nitrogen and oxygen atoms in total. The molecule has 0 bridgehead atoms. The summed E-state index contributed by atoms with van der Waals surface area (Å²) in [6.45, 7) is 3.81. The molecule has 0 unspecified atom stereocenters. The van der Waals surface area contributed by atoms with E-state index in [1.165, 1.54) is 6.20 Å². The molecule has 0 aliphatic carbocycles. The molecule has 1 amide bonds. The zero-order valence-electron chi connectivity index (χ0n) is 14.8. The second-order valence-electron chi connectivity index (χ2n) is 5.88. The molecule has 2 N–H and O–H groups in total. The van der Waals surface area contributed by atoms with E-state index < -0.39 is 11.9 Å². The van der Waals surface area contributed by atoms with Crippen molar-refractivity contribution in [3.63, 3.8) is 0 Å². The topological polar surface area (TPSA) is 88.3 Å². The summed E-state index contributed by atoms with van der Waals surface area (Å²) in [5, 5.41) is 3.58. The van der Waals surface area contributed by atoms with Crippen LogP contribution in [0.25, 0.3) is 10.9 Å². The predicted molar refractivity (Wildman–Crippen MR) is 105 cm³/mol. The molecule has 1 heterocycles. The quantitative estimate of drug-likeness (QED) is 0.667. The lowest BCUT2D eigenvalue weighted by Crippen LogP contribution is -2.22. The summed E-state index contributed by atoms with van der Waals surface area (Å²) in [5.41, 5.74) is 1.78. The largest absolute Gasteiger partial charge is 0.462 e. The maximum atomic E-state index is 12.7. The van der Waals surface area contributed by atoms with Gasteiger partial charge in [0.2, 0.25) is 5.43 Å². The van der Waals surface area contributed by atoms with Gasteiger partial charge >= 0.3 is 5.97 Å². The lowest BCUT2D eigenvalue weighted by atomic mass is 10.1. The van der Waals surface area contributed by atoms with E-state index in [0.29, 0.717) is 27.2 Å². The minimum atomic E-state index is -0.547. The van der Waals surface area contributed by atoms with E-state index in [4.69, 9.17) is 16.3 Å². The number of H-pyrrole nitrogens is 1. The number of nitrogens with one attached hydrogen (secondary N) is 2. The van der Waals surface area contributed by atoms with E-state index >= 15 is 0 Å². The van der Waals surface area contributed by atoms with Crippen LogP contribution in [0.15, 0.2) is 47.4 Å². The Morgan fingerprint density at radius 2 is 1.85 bits per heavy atom. The van der Waals surface area contributed by atoms with Crippen molar-refractivity contribution in [2.75, 3.05) is 11.9 Å². The SMILES string of the molecule is CCOC(=O)c1ccc(NC(=O)c2c[nH]c3c(C)c(Cl)ccc3c2=O)cc1. The third kappa shape index (κ3) is 3.71. The monoisotopic (exact) mass is 384 g/mol. The molecule has 0 aliphatic rings. The first-order valence-corrected chi connectivity index (χ1v) is 8.69. The Labute approximate surface area is 160 Å². The van der Waals surface area contributed by atoms with Gasteiger partial charge < -0.3 is 15.0 Å². The summed E-state index contributed by atoms with van der Waals surface area (Å²) in [6.07, 6.45) is 1.37. The molecule has 7 heteroatoms. The van der Waals surface area contributed by atoms with Gasteiger partial charge in [-0.3, -0.25) is 9.59 Å². The van der Waals surface area contributed by atoms with Gasteiger partial charge in [-0.25, -0.2) is 4.79 Å². The number of hydrogen-bond acceptors (Lipinski definition) is 4. The fraction of sp³-hybridized carbons (Fsp3) is 0.150. The van der Waals surface area contributed by atoms with Crippen LogP contribution in [0.2, 0.25) is 5.02 Å². The molecule has 3 rings (SSSR count). The lowest BCUT2D eigenvalue weighted by Gasteiger charge is -2.08. The number of benzene rings is 2. The lowest BCUT2D eigenvalue weighted by molar-refractivity contribution is 0.0526. The highest BCUT2D eigenvalue weighted by molar-refractivity contribution is 6.32. The molecule has 0 fully saturated rings. The van der Waals surface area contributed by atoms with Gasteiger partial charge in [0.25, 0.3) is 5.91 Å². The summed E-state index contributed by atoms with van der Waals surface area (Å²) < 4.78 is 4.91. The Morgan fingerprint density at radius 3 is 2.52 bits per heavy atom. The smallest absolute Gasteiger partial charge is 0.338 e. The number of aryl methyl sites for hydroxylation is 1. The van der Waals surface area contributed by atoms with Gasteiger partial charge in [0.1, 0.15) is 5.56 Å². The summed E-state index contributed by atoms with van der Waals surface area (Å²) >= 11 is 6.07. The maximum Gasteiger partial charge on any atom is 0.338 e. The fourth-order valence-corrected chi connectivity index (χ4v) is 2.85. The first-order chi connectivity index (χ1) is 12.9. The van der Waals surface area contributed by atoms with Crippen molar-refractivity contribution in [1.82, 2.24) is 4.98 Å². The van der Waals surface area contributed by atoms with Crippen LogP contribution in [-0.4, -0.2) is 23.5 Å². The molecule has 0 saturated carbocycles. The van der Waals surface area contributed by atoms with E-state index in [-0.39, 0.29) is 17.6 Å². The summed E-state index contributed by atoms with van der Waals surface area (Å²) in [7, 11) is 0. The number of rotatable bonds is 4. The highest BCUT2D eigenvalue weighted by Crippen LogP contribution is 2.22. The highest BCUT2D eigenvalue weighted by Gasteiger charge is 2.15. The molecule has 2 aromatic carbocycles. The number of ether oxygens (including phenoxy) is 1. The van der Waals surface area contributed by atoms with Gasteiger partial charge in [-0.2, -0.15) is 0 Å². The molecule has 0 saturated heterocycles. The molecular formula is C20H17ClN2O4. The average Bonchev–Trinajstić information content (AvgIpc) is 2.66.